The van der Waals surface area contributed by atoms with E-state index in [9.17, 15) is 4.79 Å². The average Bonchev–Trinajstić information content (AvgIpc) is 2.28. The highest BCUT2D eigenvalue weighted by molar-refractivity contribution is 9.10. The normalized spacial score (nSPS) is 11.1. The summed E-state index contributed by atoms with van der Waals surface area (Å²) in [4.78, 5) is 10.9. The lowest BCUT2D eigenvalue weighted by Crippen LogP contribution is -2.31. The van der Waals surface area contributed by atoms with Crippen LogP contribution < -0.4 is 10.1 Å². The lowest BCUT2D eigenvalue weighted by molar-refractivity contribution is -0.146. The number of benzene rings is 1. The van der Waals surface area contributed by atoms with Crippen molar-refractivity contribution in [3.8, 4) is 5.75 Å². The van der Waals surface area contributed by atoms with E-state index in [4.69, 9.17) is 9.84 Å². The summed E-state index contributed by atoms with van der Waals surface area (Å²) in [5, 5.41) is 12.1. The molecule has 0 atom stereocenters. The number of aliphatic carboxylic acids is 1. The van der Waals surface area contributed by atoms with E-state index in [0.717, 1.165) is 10.2 Å². The number of methoxy groups -OCH3 is 1. The Labute approximate surface area is 109 Å². The molecule has 94 valence electrons. The number of nitrogens with one attached hydrogen (secondary N) is 1. The van der Waals surface area contributed by atoms with E-state index in [1.807, 2.05) is 18.2 Å². The molecule has 0 fully saturated rings. The van der Waals surface area contributed by atoms with Gasteiger partial charge in [0.15, 0.2) is 0 Å². The van der Waals surface area contributed by atoms with Crippen molar-refractivity contribution < 1.29 is 14.6 Å². The maximum Gasteiger partial charge on any atom is 0.310 e. The van der Waals surface area contributed by atoms with Crippen molar-refractivity contribution >= 4 is 27.6 Å². The van der Waals surface area contributed by atoms with Gasteiger partial charge in [-0.25, -0.2) is 0 Å². The van der Waals surface area contributed by atoms with Crippen molar-refractivity contribution in [2.45, 2.75) is 13.8 Å². The largest absolute Gasteiger partial charge is 0.495 e. The number of ether oxygens (including phenoxy) is 1. The van der Waals surface area contributed by atoms with Crippen molar-refractivity contribution in [3.63, 3.8) is 0 Å². The Morgan fingerprint density at radius 2 is 2.18 bits per heavy atom. The van der Waals surface area contributed by atoms with E-state index >= 15 is 0 Å². The molecule has 0 bridgehead atoms. The molecule has 0 unspecified atom stereocenters. The van der Waals surface area contributed by atoms with Gasteiger partial charge < -0.3 is 15.2 Å². The van der Waals surface area contributed by atoms with Crippen LogP contribution in [0.2, 0.25) is 0 Å². The maximum atomic E-state index is 10.9. The number of rotatable bonds is 5. The monoisotopic (exact) mass is 301 g/mol. The summed E-state index contributed by atoms with van der Waals surface area (Å²) in [6.07, 6.45) is 0. The Kier molecular flexibility index (Phi) is 4.40. The van der Waals surface area contributed by atoms with Crippen molar-refractivity contribution in [3.05, 3.63) is 22.7 Å². The van der Waals surface area contributed by atoms with Crippen LogP contribution in [-0.2, 0) is 4.79 Å². The highest BCUT2D eigenvalue weighted by atomic mass is 79.9. The Morgan fingerprint density at radius 1 is 1.53 bits per heavy atom. The van der Waals surface area contributed by atoms with Gasteiger partial charge in [0.25, 0.3) is 0 Å². The van der Waals surface area contributed by atoms with Crippen LogP contribution in [0.3, 0.4) is 0 Å². The summed E-state index contributed by atoms with van der Waals surface area (Å²) >= 11 is 3.36. The molecule has 5 heteroatoms. The Bertz CT molecular complexity index is 418. The Hall–Kier alpha value is -1.23. The van der Waals surface area contributed by atoms with Crippen LogP contribution >= 0.6 is 15.9 Å². The predicted molar refractivity (Wildman–Crippen MR) is 70.6 cm³/mol. The van der Waals surface area contributed by atoms with Crippen molar-refractivity contribution in [2.75, 3.05) is 19.0 Å². The molecule has 0 aromatic heterocycles. The van der Waals surface area contributed by atoms with Gasteiger partial charge in [-0.3, -0.25) is 4.79 Å². The van der Waals surface area contributed by atoms with Gasteiger partial charge in [-0.1, -0.05) is 0 Å². The second-order valence-electron chi connectivity index (χ2n) is 4.39. The minimum absolute atomic E-state index is 0.354. The molecule has 0 saturated heterocycles. The van der Waals surface area contributed by atoms with Crippen LogP contribution in [0.5, 0.6) is 5.75 Å². The molecule has 0 amide bonds. The highest BCUT2D eigenvalue weighted by Gasteiger charge is 2.26. The topological polar surface area (TPSA) is 58.6 Å². The van der Waals surface area contributed by atoms with E-state index < -0.39 is 11.4 Å². The van der Waals surface area contributed by atoms with Gasteiger partial charge in [0.1, 0.15) is 5.75 Å². The van der Waals surface area contributed by atoms with Gasteiger partial charge in [-0.05, 0) is 41.9 Å². The molecule has 0 saturated carbocycles. The Balaban J connectivity index is 2.73. The van der Waals surface area contributed by atoms with E-state index in [1.54, 1.807) is 21.0 Å². The van der Waals surface area contributed by atoms with Gasteiger partial charge in [0.2, 0.25) is 0 Å². The molecule has 1 aromatic rings. The number of carbonyl (C=O) groups is 1. The molecule has 1 aromatic carbocycles. The van der Waals surface area contributed by atoms with Crippen molar-refractivity contribution in [2.24, 2.45) is 5.41 Å². The first-order chi connectivity index (χ1) is 7.86. The van der Waals surface area contributed by atoms with Gasteiger partial charge >= 0.3 is 5.97 Å². The fourth-order valence-electron chi connectivity index (χ4n) is 1.17. The summed E-state index contributed by atoms with van der Waals surface area (Å²) in [5.41, 5.74) is 0.0275. The number of hydrogen-bond donors (Lipinski definition) is 2. The number of hydrogen-bond acceptors (Lipinski definition) is 3. The van der Waals surface area contributed by atoms with Crippen LogP contribution in [0, 0.1) is 5.41 Å². The molecular formula is C12H16BrNO3. The lowest BCUT2D eigenvalue weighted by atomic mass is 9.94. The first kappa shape index (κ1) is 13.8. The van der Waals surface area contributed by atoms with Crippen LogP contribution in [0.25, 0.3) is 0 Å². The zero-order chi connectivity index (χ0) is 13.1. The number of carboxylic acids is 1. The van der Waals surface area contributed by atoms with Crippen LogP contribution in [0.1, 0.15) is 13.8 Å². The minimum Gasteiger partial charge on any atom is -0.495 e. The highest BCUT2D eigenvalue weighted by Crippen LogP contribution is 2.28. The quantitative estimate of drug-likeness (QED) is 0.878. The second kappa shape index (κ2) is 5.40. The molecular weight excluding hydrogens is 286 g/mol. The maximum absolute atomic E-state index is 10.9. The second-order valence-corrected chi connectivity index (χ2v) is 5.25. The van der Waals surface area contributed by atoms with E-state index in [0.29, 0.717) is 12.3 Å². The fourth-order valence-corrected chi connectivity index (χ4v) is 1.58. The van der Waals surface area contributed by atoms with Crippen LogP contribution in [0.4, 0.5) is 5.69 Å². The van der Waals surface area contributed by atoms with E-state index in [-0.39, 0.29) is 0 Å². The molecule has 4 nitrogen and oxygen atoms in total. The van der Waals surface area contributed by atoms with E-state index in [1.165, 1.54) is 0 Å². The SMILES string of the molecule is COc1cc(NCC(C)(C)C(=O)O)ccc1Br. The molecule has 2 N–H and O–H groups in total. The van der Waals surface area contributed by atoms with Crippen LogP contribution in [-0.4, -0.2) is 24.7 Å². The van der Waals surface area contributed by atoms with Crippen molar-refractivity contribution in [1.82, 2.24) is 0 Å². The number of anilines is 1. The lowest BCUT2D eigenvalue weighted by Gasteiger charge is -2.20. The molecule has 0 heterocycles. The zero-order valence-corrected chi connectivity index (χ0v) is 11.7. The summed E-state index contributed by atoms with van der Waals surface area (Å²) < 4.78 is 6.03. The molecule has 0 aliphatic rings. The molecule has 0 radical (unpaired) electrons. The molecule has 1 rings (SSSR count). The van der Waals surface area contributed by atoms with Gasteiger partial charge in [0, 0.05) is 18.3 Å². The molecule has 0 aliphatic heterocycles. The summed E-state index contributed by atoms with van der Waals surface area (Å²) in [5.74, 6) is -0.114. The third-order valence-corrected chi connectivity index (χ3v) is 3.12. The average molecular weight is 302 g/mol. The molecule has 0 spiro atoms. The minimum atomic E-state index is -0.825. The molecule has 0 aliphatic carbocycles. The first-order valence-corrected chi connectivity index (χ1v) is 5.97. The van der Waals surface area contributed by atoms with Crippen molar-refractivity contribution in [1.29, 1.82) is 0 Å². The summed E-state index contributed by atoms with van der Waals surface area (Å²) in [7, 11) is 1.59. The Morgan fingerprint density at radius 3 is 2.71 bits per heavy atom. The first-order valence-electron chi connectivity index (χ1n) is 5.17. The van der Waals surface area contributed by atoms with E-state index in [2.05, 4.69) is 21.2 Å². The third-order valence-electron chi connectivity index (χ3n) is 2.46. The van der Waals surface area contributed by atoms with Crippen LogP contribution in [0.15, 0.2) is 22.7 Å². The summed E-state index contributed by atoms with van der Waals surface area (Å²) in [6.45, 7) is 3.71. The third kappa shape index (κ3) is 3.63. The predicted octanol–water partition coefficient (Wildman–Crippen LogP) is 2.98. The van der Waals surface area contributed by atoms with Gasteiger partial charge in [0.05, 0.1) is 17.0 Å². The molecule has 17 heavy (non-hydrogen) atoms. The number of carboxylic acid groups (broad SMARTS) is 1. The van der Waals surface area contributed by atoms with Gasteiger partial charge in [-0.15, -0.1) is 0 Å². The standard InChI is InChI=1S/C12H16BrNO3/c1-12(2,11(15)16)7-14-8-4-5-9(13)10(6-8)17-3/h4-6,14H,7H2,1-3H3,(H,15,16). The fraction of sp³-hybridized carbons (Fsp3) is 0.417. The zero-order valence-electron chi connectivity index (χ0n) is 10.1. The van der Waals surface area contributed by atoms with Gasteiger partial charge in [-0.2, -0.15) is 0 Å². The number of halogens is 1. The summed E-state index contributed by atoms with van der Waals surface area (Å²) in [6, 6.07) is 5.54. The smallest absolute Gasteiger partial charge is 0.310 e.